The number of hydrogen-bond acceptors (Lipinski definition) is 2. The van der Waals surface area contributed by atoms with Crippen molar-refractivity contribution < 1.29 is 0 Å². The van der Waals surface area contributed by atoms with Gasteiger partial charge in [0.15, 0.2) is 0 Å². The predicted molar refractivity (Wildman–Crippen MR) is 60.0 cm³/mol. The second kappa shape index (κ2) is 2.70. The van der Waals surface area contributed by atoms with Gasteiger partial charge < -0.3 is 4.57 Å². The van der Waals surface area contributed by atoms with E-state index in [9.17, 15) is 4.79 Å². The summed E-state index contributed by atoms with van der Waals surface area (Å²) in [5.41, 5.74) is 3.29. The quantitative estimate of drug-likeness (QED) is 0.679. The molecule has 0 aromatic carbocycles. The third kappa shape index (κ3) is 1.01. The smallest absolute Gasteiger partial charge is 0.251 e. The Balaban J connectivity index is 2.65. The highest BCUT2D eigenvalue weighted by molar-refractivity contribution is 6.33. The maximum Gasteiger partial charge on any atom is 0.251 e. The molecule has 1 aliphatic rings. The molecule has 2 aromatic rings. The summed E-state index contributed by atoms with van der Waals surface area (Å²) >= 11 is 6.05. The monoisotopic (exact) mass is 218 g/mol. The fourth-order valence-electron chi connectivity index (χ4n) is 2.00. The normalized spacial score (nSPS) is 13.8. The van der Waals surface area contributed by atoms with Crippen LogP contribution in [0.15, 0.2) is 29.7 Å². The van der Waals surface area contributed by atoms with E-state index in [4.69, 9.17) is 11.6 Å². The summed E-state index contributed by atoms with van der Waals surface area (Å²) in [5.74, 6) is 0. The molecule has 0 aliphatic carbocycles. The molecule has 0 bridgehead atoms. The van der Waals surface area contributed by atoms with Gasteiger partial charge in [-0.1, -0.05) is 18.2 Å². The Hall–Kier alpha value is -1.61. The summed E-state index contributed by atoms with van der Waals surface area (Å²) in [6.07, 6.45) is 1.60. The second-order valence-corrected chi connectivity index (χ2v) is 3.98. The number of hydrogen-bond donors (Lipinski definition) is 0. The maximum atomic E-state index is 11.6. The minimum absolute atomic E-state index is 0.0357. The molecule has 0 spiro atoms. The van der Waals surface area contributed by atoms with Crippen molar-refractivity contribution >= 4 is 28.2 Å². The zero-order chi connectivity index (χ0) is 10.6. The topological polar surface area (TPSA) is 34.9 Å². The molecule has 0 saturated carbocycles. The van der Waals surface area contributed by atoms with E-state index in [-0.39, 0.29) is 5.56 Å². The average molecular weight is 219 g/mol. The highest BCUT2D eigenvalue weighted by atomic mass is 35.5. The summed E-state index contributed by atoms with van der Waals surface area (Å²) in [7, 11) is 0. The van der Waals surface area contributed by atoms with Gasteiger partial charge in [0, 0.05) is 17.8 Å². The molecule has 0 amide bonds. The van der Waals surface area contributed by atoms with E-state index in [2.05, 4.69) is 11.6 Å². The lowest BCUT2D eigenvalue weighted by atomic mass is 10.1. The van der Waals surface area contributed by atoms with Crippen LogP contribution in [0, 0.1) is 0 Å². The molecule has 0 N–H and O–H groups in total. The van der Waals surface area contributed by atoms with Gasteiger partial charge in [0.2, 0.25) is 0 Å². The molecule has 0 unspecified atom stereocenters. The first-order valence-corrected chi connectivity index (χ1v) is 4.92. The van der Waals surface area contributed by atoms with Crippen molar-refractivity contribution in [1.29, 1.82) is 0 Å². The highest BCUT2D eigenvalue weighted by Crippen LogP contribution is 2.34. The molecule has 0 radical (unpaired) electrons. The number of nitrogens with zero attached hydrogens (tertiary/aromatic N) is 2. The van der Waals surface area contributed by atoms with Crippen LogP contribution in [0.3, 0.4) is 0 Å². The molecule has 0 atom stereocenters. The molecule has 0 saturated heterocycles. The van der Waals surface area contributed by atoms with Crippen LogP contribution < -0.4 is 5.56 Å². The van der Waals surface area contributed by atoms with E-state index in [1.54, 1.807) is 16.8 Å². The standard InChI is InChI=1S/C11H7ClN2O/c1-6-5-14-9(15)3-2-8-11(14)10(6)7(12)4-13-8/h2-4H,1,5H2. The van der Waals surface area contributed by atoms with Crippen LogP contribution in [0.25, 0.3) is 16.6 Å². The van der Waals surface area contributed by atoms with Crippen LogP contribution in [0.1, 0.15) is 5.56 Å². The van der Waals surface area contributed by atoms with Crippen molar-refractivity contribution in [2.75, 3.05) is 0 Å². The third-order valence-electron chi connectivity index (χ3n) is 2.66. The Morgan fingerprint density at radius 2 is 2.27 bits per heavy atom. The lowest BCUT2D eigenvalue weighted by Crippen LogP contribution is -2.16. The Labute approximate surface area is 90.6 Å². The van der Waals surface area contributed by atoms with E-state index in [1.807, 2.05) is 0 Å². The summed E-state index contributed by atoms with van der Waals surface area (Å²) in [6, 6.07) is 3.23. The molecular formula is C11H7ClN2O. The third-order valence-corrected chi connectivity index (χ3v) is 2.94. The summed E-state index contributed by atoms with van der Waals surface area (Å²) < 4.78 is 1.66. The van der Waals surface area contributed by atoms with Gasteiger partial charge in [0.1, 0.15) is 0 Å². The Morgan fingerprint density at radius 3 is 3.07 bits per heavy atom. The molecule has 0 fully saturated rings. The second-order valence-electron chi connectivity index (χ2n) is 3.58. The molecular weight excluding hydrogens is 212 g/mol. The molecule has 3 heterocycles. The summed E-state index contributed by atoms with van der Waals surface area (Å²) in [4.78, 5) is 15.8. The van der Waals surface area contributed by atoms with E-state index < -0.39 is 0 Å². The number of allylic oxidation sites excluding steroid dienone is 1. The van der Waals surface area contributed by atoms with Crippen LogP contribution in [0.4, 0.5) is 0 Å². The lowest BCUT2D eigenvalue weighted by molar-refractivity contribution is 0.856. The summed E-state index contributed by atoms with van der Waals surface area (Å²) in [6.45, 7) is 4.43. The van der Waals surface area contributed by atoms with Gasteiger partial charge in [-0.2, -0.15) is 0 Å². The minimum Gasteiger partial charge on any atom is -0.302 e. The van der Waals surface area contributed by atoms with Crippen molar-refractivity contribution in [3.8, 4) is 0 Å². The maximum absolute atomic E-state index is 11.6. The summed E-state index contributed by atoms with van der Waals surface area (Å²) in [5, 5.41) is 0.560. The first-order chi connectivity index (χ1) is 7.18. The predicted octanol–water partition coefficient (Wildman–Crippen LogP) is 2.08. The van der Waals surface area contributed by atoms with Crippen molar-refractivity contribution in [3.63, 3.8) is 0 Å². The Bertz CT molecular complexity index is 657. The number of pyridine rings is 2. The molecule has 1 aliphatic heterocycles. The van der Waals surface area contributed by atoms with Crippen molar-refractivity contribution in [2.24, 2.45) is 0 Å². The first kappa shape index (κ1) is 8.68. The minimum atomic E-state index is -0.0357. The van der Waals surface area contributed by atoms with Gasteiger partial charge in [-0.3, -0.25) is 9.78 Å². The Morgan fingerprint density at radius 1 is 1.47 bits per heavy atom. The van der Waals surface area contributed by atoms with Gasteiger partial charge in [0.25, 0.3) is 5.56 Å². The van der Waals surface area contributed by atoms with Crippen LogP contribution in [0.5, 0.6) is 0 Å². The highest BCUT2D eigenvalue weighted by Gasteiger charge is 2.21. The number of halogens is 1. The molecule has 2 aromatic heterocycles. The van der Waals surface area contributed by atoms with Gasteiger partial charge >= 0.3 is 0 Å². The fraction of sp³-hybridized carbons (Fsp3) is 0.0909. The van der Waals surface area contributed by atoms with E-state index in [0.717, 1.165) is 22.2 Å². The average Bonchev–Trinajstić information content (AvgIpc) is 2.56. The number of rotatable bonds is 0. The van der Waals surface area contributed by atoms with Crippen LogP contribution in [0.2, 0.25) is 5.02 Å². The first-order valence-electron chi connectivity index (χ1n) is 4.54. The van der Waals surface area contributed by atoms with E-state index in [1.165, 1.54) is 6.07 Å². The molecule has 3 rings (SSSR count). The molecule has 4 heteroatoms. The SMILES string of the molecule is C=C1Cn2c(=O)ccc3ncc(Cl)c1c32. The van der Waals surface area contributed by atoms with Gasteiger partial charge in [0.05, 0.1) is 22.6 Å². The van der Waals surface area contributed by atoms with E-state index >= 15 is 0 Å². The van der Waals surface area contributed by atoms with Crippen molar-refractivity contribution in [2.45, 2.75) is 6.54 Å². The van der Waals surface area contributed by atoms with Crippen molar-refractivity contribution in [3.05, 3.63) is 45.8 Å². The van der Waals surface area contributed by atoms with E-state index in [0.29, 0.717) is 11.6 Å². The molecule has 15 heavy (non-hydrogen) atoms. The zero-order valence-corrected chi connectivity index (χ0v) is 8.58. The van der Waals surface area contributed by atoms with Crippen LogP contribution in [-0.4, -0.2) is 9.55 Å². The largest absolute Gasteiger partial charge is 0.302 e. The zero-order valence-electron chi connectivity index (χ0n) is 7.83. The van der Waals surface area contributed by atoms with Crippen LogP contribution in [-0.2, 0) is 6.54 Å². The van der Waals surface area contributed by atoms with Gasteiger partial charge in [-0.05, 0) is 11.6 Å². The van der Waals surface area contributed by atoms with Crippen LogP contribution >= 0.6 is 11.6 Å². The Kier molecular flexibility index (Phi) is 1.56. The van der Waals surface area contributed by atoms with Crippen molar-refractivity contribution in [1.82, 2.24) is 9.55 Å². The fourth-order valence-corrected chi connectivity index (χ4v) is 2.27. The lowest BCUT2D eigenvalue weighted by Gasteiger charge is -2.02. The number of aromatic nitrogens is 2. The molecule has 3 nitrogen and oxygen atoms in total. The molecule has 74 valence electrons. The van der Waals surface area contributed by atoms with Gasteiger partial charge in [-0.25, -0.2) is 0 Å². The van der Waals surface area contributed by atoms with Gasteiger partial charge in [-0.15, -0.1) is 0 Å².